The fraction of sp³-hybridized carbons (Fsp3) is 0.158. The number of fused-ring (bicyclic) bond motifs is 2. The van der Waals surface area contributed by atoms with E-state index >= 15 is 0 Å². The maximum absolute atomic E-state index is 11.4. The van der Waals surface area contributed by atoms with Crippen LogP contribution in [0.3, 0.4) is 0 Å². The van der Waals surface area contributed by atoms with E-state index in [1.807, 2.05) is 42.5 Å². The monoisotopic (exact) mass is 262 g/mol. The molecule has 1 N–H and O–H groups in total. The third-order valence-corrected chi connectivity index (χ3v) is 3.97. The predicted octanol–water partition coefficient (Wildman–Crippen LogP) is 4.37. The van der Waals surface area contributed by atoms with Crippen molar-refractivity contribution in [1.82, 2.24) is 0 Å². The van der Waals surface area contributed by atoms with Gasteiger partial charge in [-0.2, -0.15) is 0 Å². The highest BCUT2D eigenvalue weighted by Crippen LogP contribution is 2.40. The largest absolute Gasteiger partial charge is 0.380 e. The fourth-order valence-corrected chi connectivity index (χ4v) is 2.94. The average Bonchev–Trinajstić information content (AvgIpc) is 2.62. The summed E-state index contributed by atoms with van der Waals surface area (Å²) in [6.45, 7) is 3.78. The molecule has 0 amide bonds. The molecule has 0 aliphatic heterocycles. The summed E-state index contributed by atoms with van der Waals surface area (Å²) in [7, 11) is 0. The summed E-state index contributed by atoms with van der Waals surface area (Å²) >= 11 is 0. The number of allylic oxidation sites excluding steroid dienone is 1. The molecule has 2 aromatic carbocycles. The molecule has 0 aromatic heterocycles. The van der Waals surface area contributed by atoms with E-state index in [4.69, 9.17) is 0 Å². The van der Waals surface area contributed by atoms with Gasteiger partial charge in [-0.05, 0) is 35.1 Å². The summed E-state index contributed by atoms with van der Waals surface area (Å²) in [6, 6.07) is 16.1. The second kappa shape index (κ2) is 5.10. The Morgan fingerprint density at radius 2 is 1.40 bits per heavy atom. The van der Waals surface area contributed by atoms with Gasteiger partial charge in [-0.3, -0.25) is 0 Å². The first-order valence-electron chi connectivity index (χ1n) is 6.96. The van der Waals surface area contributed by atoms with E-state index in [2.05, 4.69) is 30.9 Å². The molecule has 0 radical (unpaired) electrons. The van der Waals surface area contributed by atoms with Crippen molar-refractivity contribution in [3.05, 3.63) is 83.4 Å². The average molecular weight is 262 g/mol. The van der Waals surface area contributed by atoms with E-state index in [-0.39, 0.29) is 0 Å². The Kier molecular flexibility index (Phi) is 3.29. The minimum absolute atomic E-state index is 0.645. The molecule has 0 atom stereocenters. The lowest BCUT2D eigenvalue weighted by molar-refractivity contribution is 0.0719. The molecule has 1 nitrogen and oxygen atoms in total. The van der Waals surface area contributed by atoms with Crippen LogP contribution in [0.1, 0.15) is 35.1 Å². The molecule has 20 heavy (non-hydrogen) atoms. The second-order valence-corrected chi connectivity index (χ2v) is 5.20. The Morgan fingerprint density at radius 1 is 0.900 bits per heavy atom. The first-order valence-corrected chi connectivity index (χ1v) is 6.96. The highest BCUT2D eigenvalue weighted by molar-refractivity contribution is 5.77. The van der Waals surface area contributed by atoms with Crippen LogP contribution in [-0.4, -0.2) is 5.11 Å². The van der Waals surface area contributed by atoms with Crippen molar-refractivity contribution in [2.75, 3.05) is 0 Å². The smallest absolute Gasteiger partial charge is 0.116 e. The maximum Gasteiger partial charge on any atom is 0.116 e. The lowest BCUT2D eigenvalue weighted by atomic mass is 9.80. The van der Waals surface area contributed by atoms with Crippen molar-refractivity contribution in [2.45, 2.75) is 18.4 Å². The Labute approximate surface area is 119 Å². The summed E-state index contributed by atoms with van der Waals surface area (Å²) in [5.41, 5.74) is 3.15. The summed E-state index contributed by atoms with van der Waals surface area (Å²) < 4.78 is 0. The Hall–Kier alpha value is -2.12. The highest BCUT2D eigenvalue weighted by Gasteiger charge is 2.34. The standard InChI is InChI=1S/C19H18O/c1-2-3-14-19(20)17-10-6-4-8-15(17)12-13-16-9-5-7-11-18(16)19/h2,4-13,20H,1,3,14H2. The van der Waals surface area contributed by atoms with E-state index in [0.717, 1.165) is 28.7 Å². The van der Waals surface area contributed by atoms with Crippen LogP contribution in [0.2, 0.25) is 0 Å². The first-order chi connectivity index (χ1) is 9.75. The van der Waals surface area contributed by atoms with Crippen LogP contribution in [0.15, 0.2) is 61.2 Å². The van der Waals surface area contributed by atoms with Crippen molar-refractivity contribution in [1.29, 1.82) is 0 Å². The molecule has 0 saturated heterocycles. The number of hydrogen-bond acceptors (Lipinski definition) is 1. The molecule has 0 fully saturated rings. The van der Waals surface area contributed by atoms with Crippen LogP contribution >= 0.6 is 0 Å². The topological polar surface area (TPSA) is 20.2 Å². The van der Waals surface area contributed by atoms with Crippen LogP contribution in [0.25, 0.3) is 12.2 Å². The molecule has 0 unspecified atom stereocenters. The summed E-state index contributed by atoms with van der Waals surface area (Å²) in [5, 5.41) is 11.4. The molecular formula is C19H18O. The van der Waals surface area contributed by atoms with Crippen molar-refractivity contribution in [3.63, 3.8) is 0 Å². The van der Waals surface area contributed by atoms with Gasteiger partial charge < -0.3 is 5.11 Å². The summed E-state index contributed by atoms with van der Waals surface area (Å²) in [6.07, 6.45) is 7.45. The van der Waals surface area contributed by atoms with Crippen molar-refractivity contribution >= 4 is 12.2 Å². The Bertz CT molecular complexity index is 617. The molecule has 100 valence electrons. The van der Waals surface area contributed by atoms with Crippen LogP contribution in [0, 0.1) is 0 Å². The van der Waals surface area contributed by atoms with E-state index in [1.54, 1.807) is 0 Å². The fourth-order valence-electron chi connectivity index (χ4n) is 2.94. The minimum atomic E-state index is -0.953. The quantitative estimate of drug-likeness (QED) is 0.814. The zero-order valence-corrected chi connectivity index (χ0v) is 11.4. The van der Waals surface area contributed by atoms with Crippen molar-refractivity contribution < 1.29 is 5.11 Å². The molecule has 0 heterocycles. The molecule has 1 aliphatic carbocycles. The van der Waals surface area contributed by atoms with Crippen LogP contribution in [0.5, 0.6) is 0 Å². The molecule has 0 spiro atoms. The van der Waals surface area contributed by atoms with Gasteiger partial charge in [-0.15, -0.1) is 6.58 Å². The number of hydrogen-bond donors (Lipinski definition) is 1. The van der Waals surface area contributed by atoms with Gasteiger partial charge in [0.2, 0.25) is 0 Å². The highest BCUT2D eigenvalue weighted by atomic mass is 16.3. The Balaban J connectivity index is 2.25. The summed E-state index contributed by atoms with van der Waals surface area (Å²) in [4.78, 5) is 0. The molecule has 3 rings (SSSR count). The number of benzene rings is 2. The molecular weight excluding hydrogens is 244 g/mol. The van der Waals surface area contributed by atoms with Gasteiger partial charge in [0, 0.05) is 0 Å². The SMILES string of the molecule is C=CCCC1(O)c2ccccc2C=Cc2ccccc21. The van der Waals surface area contributed by atoms with Gasteiger partial charge in [-0.1, -0.05) is 66.8 Å². The van der Waals surface area contributed by atoms with E-state index in [0.29, 0.717) is 6.42 Å². The van der Waals surface area contributed by atoms with E-state index in [9.17, 15) is 5.11 Å². The van der Waals surface area contributed by atoms with Crippen LogP contribution < -0.4 is 0 Å². The molecule has 0 bridgehead atoms. The summed E-state index contributed by atoms with van der Waals surface area (Å²) in [5.74, 6) is 0. The van der Waals surface area contributed by atoms with Gasteiger partial charge in [0.1, 0.15) is 5.60 Å². The Morgan fingerprint density at radius 3 is 1.90 bits per heavy atom. The van der Waals surface area contributed by atoms with Gasteiger partial charge in [-0.25, -0.2) is 0 Å². The second-order valence-electron chi connectivity index (χ2n) is 5.20. The molecule has 0 saturated carbocycles. The number of aliphatic hydroxyl groups is 1. The zero-order valence-electron chi connectivity index (χ0n) is 11.4. The lowest BCUT2D eigenvalue weighted by Gasteiger charge is -2.30. The van der Waals surface area contributed by atoms with Gasteiger partial charge in [0.05, 0.1) is 0 Å². The third-order valence-electron chi connectivity index (χ3n) is 3.97. The molecule has 1 heteroatoms. The van der Waals surface area contributed by atoms with Crippen LogP contribution in [0.4, 0.5) is 0 Å². The molecule has 1 aliphatic rings. The van der Waals surface area contributed by atoms with Gasteiger partial charge in [0.15, 0.2) is 0 Å². The van der Waals surface area contributed by atoms with Gasteiger partial charge >= 0.3 is 0 Å². The zero-order chi connectivity index (χ0) is 14.0. The van der Waals surface area contributed by atoms with E-state index in [1.165, 1.54) is 0 Å². The van der Waals surface area contributed by atoms with E-state index < -0.39 is 5.60 Å². The number of rotatable bonds is 3. The lowest BCUT2D eigenvalue weighted by Crippen LogP contribution is -2.28. The van der Waals surface area contributed by atoms with Gasteiger partial charge in [0.25, 0.3) is 0 Å². The normalized spacial score (nSPS) is 15.1. The molecule has 2 aromatic rings. The minimum Gasteiger partial charge on any atom is -0.380 e. The predicted molar refractivity (Wildman–Crippen MR) is 84.2 cm³/mol. The maximum atomic E-state index is 11.4. The third kappa shape index (κ3) is 2.00. The van der Waals surface area contributed by atoms with Crippen LogP contribution in [-0.2, 0) is 5.60 Å². The first kappa shape index (κ1) is 12.9. The van der Waals surface area contributed by atoms with Crippen molar-refractivity contribution in [2.24, 2.45) is 0 Å². The van der Waals surface area contributed by atoms with Crippen molar-refractivity contribution in [3.8, 4) is 0 Å².